The first-order valence-corrected chi connectivity index (χ1v) is 8.06. The van der Waals surface area contributed by atoms with Gasteiger partial charge in [0.1, 0.15) is 5.37 Å². The molecule has 6 heteroatoms. The fraction of sp³-hybridized carbons (Fsp3) is 0.167. The Morgan fingerprint density at radius 2 is 2.33 bits per heavy atom. The molecule has 1 fully saturated rings. The van der Waals surface area contributed by atoms with Crippen LogP contribution in [0.15, 0.2) is 40.3 Å². The molecular weight excluding hydrogens is 332 g/mol. The maximum absolute atomic E-state index is 12.0. The van der Waals surface area contributed by atoms with Crippen LogP contribution in [0, 0.1) is 0 Å². The SMILES string of the molecule is O=C1CSC(c2cccc(Br)c2)N1c1nccs1. The fourth-order valence-electron chi connectivity index (χ4n) is 1.87. The smallest absolute Gasteiger partial charge is 0.240 e. The Morgan fingerprint density at radius 1 is 1.44 bits per heavy atom. The second-order valence-electron chi connectivity index (χ2n) is 3.80. The van der Waals surface area contributed by atoms with Crippen LogP contribution in [0.4, 0.5) is 5.13 Å². The van der Waals surface area contributed by atoms with E-state index in [0.717, 1.165) is 15.2 Å². The van der Waals surface area contributed by atoms with Crippen LogP contribution in [0.2, 0.25) is 0 Å². The summed E-state index contributed by atoms with van der Waals surface area (Å²) in [5.74, 6) is 0.636. The standard InChI is InChI=1S/C12H9BrN2OS2/c13-9-3-1-2-8(6-9)11-15(10(16)7-18-11)12-14-4-5-17-12/h1-6,11H,7H2. The number of halogens is 1. The maximum atomic E-state index is 12.0. The number of carbonyl (C=O) groups is 1. The van der Waals surface area contributed by atoms with Gasteiger partial charge >= 0.3 is 0 Å². The Balaban J connectivity index is 1.99. The molecule has 1 atom stereocenters. The second-order valence-corrected chi connectivity index (χ2v) is 6.65. The Hall–Kier alpha value is -0.850. The highest BCUT2D eigenvalue weighted by Gasteiger charge is 2.35. The lowest BCUT2D eigenvalue weighted by Gasteiger charge is -2.21. The number of anilines is 1. The lowest BCUT2D eigenvalue weighted by Crippen LogP contribution is -2.27. The molecule has 1 aromatic carbocycles. The summed E-state index contributed by atoms with van der Waals surface area (Å²) in [6, 6.07) is 8.07. The average Bonchev–Trinajstić information content (AvgIpc) is 2.97. The van der Waals surface area contributed by atoms with Crippen molar-refractivity contribution >= 4 is 50.1 Å². The van der Waals surface area contributed by atoms with E-state index in [0.29, 0.717) is 5.75 Å². The van der Waals surface area contributed by atoms with E-state index in [9.17, 15) is 4.79 Å². The summed E-state index contributed by atoms with van der Waals surface area (Å²) >= 11 is 6.60. The fourth-order valence-corrected chi connectivity index (χ4v) is 4.19. The largest absolute Gasteiger partial charge is 0.273 e. The van der Waals surface area contributed by atoms with Gasteiger partial charge in [0.25, 0.3) is 0 Å². The monoisotopic (exact) mass is 340 g/mol. The Labute approximate surface area is 121 Å². The van der Waals surface area contributed by atoms with Crippen LogP contribution < -0.4 is 4.90 Å². The van der Waals surface area contributed by atoms with Gasteiger partial charge in [-0.3, -0.25) is 9.69 Å². The zero-order chi connectivity index (χ0) is 12.5. The quantitative estimate of drug-likeness (QED) is 0.835. The Kier molecular flexibility index (Phi) is 3.41. The third kappa shape index (κ3) is 2.20. The van der Waals surface area contributed by atoms with E-state index in [-0.39, 0.29) is 11.3 Å². The van der Waals surface area contributed by atoms with E-state index in [4.69, 9.17) is 0 Å². The molecule has 0 N–H and O–H groups in total. The molecule has 92 valence electrons. The predicted molar refractivity (Wildman–Crippen MR) is 78.9 cm³/mol. The van der Waals surface area contributed by atoms with Gasteiger partial charge < -0.3 is 0 Å². The minimum absolute atomic E-state index is 0.0288. The van der Waals surface area contributed by atoms with Crippen LogP contribution in [0.5, 0.6) is 0 Å². The summed E-state index contributed by atoms with van der Waals surface area (Å²) in [5, 5.41) is 2.69. The van der Waals surface area contributed by atoms with Crippen molar-refractivity contribution in [3.8, 4) is 0 Å². The van der Waals surface area contributed by atoms with E-state index >= 15 is 0 Å². The van der Waals surface area contributed by atoms with Crippen molar-refractivity contribution in [2.24, 2.45) is 0 Å². The molecule has 1 unspecified atom stereocenters. The summed E-state index contributed by atoms with van der Waals surface area (Å²) in [4.78, 5) is 18.0. The zero-order valence-corrected chi connectivity index (χ0v) is 12.5. The molecule has 0 aliphatic carbocycles. The van der Waals surface area contributed by atoms with E-state index in [1.54, 1.807) is 22.9 Å². The summed E-state index contributed by atoms with van der Waals surface area (Å²) in [6.45, 7) is 0. The van der Waals surface area contributed by atoms with Gasteiger partial charge in [0.05, 0.1) is 5.75 Å². The molecule has 1 aromatic heterocycles. The molecule has 2 aromatic rings. The number of thiazole rings is 1. The lowest BCUT2D eigenvalue weighted by molar-refractivity contribution is -0.115. The molecule has 3 nitrogen and oxygen atoms in total. The number of nitrogens with zero attached hydrogens (tertiary/aromatic N) is 2. The van der Waals surface area contributed by atoms with Gasteiger partial charge in [-0.25, -0.2) is 4.98 Å². The molecule has 0 radical (unpaired) electrons. The van der Waals surface area contributed by atoms with Crippen molar-refractivity contribution in [3.05, 3.63) is 45.9 Å². The molecule has 1 aliphatic heterocycles. The molecular formula is C12H9BrN2OS2. The van der Waals surface area contributed by atoms with Crippen molar-refractivity contribution in [1.82, 2.24) is 4.98 Å². The van der Waals surface area contributed by atoms with Gasteiger partial charge in [0.2, 0.25) is 5.91 Å². The van der Waals surface area contributed by atoms with Crippen molar-refractivity contribution < 1.29 is 4.79 Å². The molecule has 0 spiro atoms. The number of benzene rings is 1. The molecule has 0 saturated carbocycles. The first-order valence-electron chi connectivity index (χ1n) is 5.34. The summed E-state index contributed by atoms with van der Waals surface area (Å²) < 4.78 is 1.03. The normalized spacial score (nSPS) is 19.5. The number of thioether (sulfide) groups is 1. The molecule has 18 heavy (non-hydrogen) atoms. The van der Waals surface area contributed by atoms with Gasteiger partial charge in [0.15, 0.2) is 5.13 Å². The third-order valence-electron chi connectivity index (χ3n) is 2.63. The molecule has 2 heterocycles. The topological polar surface area (TPSA) is 33.2 Å². The number of hydrogen-bond acceptors (Lipinski definition) is 4. The van der Waals surface area contributed by atoms with Gasteiger partial charge in [-0.1, -0.05) is 28.1 Å². The number of carbonyl (C=O) groups excluding carboxylic acids is 1. The van der Waals surface area contributed by atoms with Crippen molar-refractivity contribution in [1.29, 1.82) is 0 Å². The van der Waals surface area contributed by atoms with Crippen LogP contribution in [0.1, 0.15) is 10.9 Å². The molecule has 1 aliphatic rings. The summed E-state index contributed by atoms with van der Waals surface area (Å²) in [5.41, 5.74) is 1.12. The van der Waals surface area contributed by atoms with Crippen LogP contribution in [0.3, 0.4) is 0 Å². The Morgan fingerprint density at radius 3 is 3.06 bits per heavy atom. The van der Waals surface area contributed by atoms with Crippen LogP contribution >= 0.6 is 39.0 Å². The molecule has 1 saturated heterocycles. The van der Waals surface area contributed by atoms with Crippen LogP contribution in [-0.2, 0) is 4.79 Å². The first-order chi connectivity index (χ1) is 8.75. The first kappa shape index (κ1) is 12.2. The highest BCUT2D eigenvalue weighted by molar-refractivity contribution is 9.10. The minimum Gasteiger partial charge on any atom is -0.273 e. The van der Waals surface area contributed by atoms with Gasteiger partial charge in [-0.15, -0.1) is 23.1 Å². The van der Waals surface area contributed by atoms with E-state index in [1.807, 2.05) is 23.6 Å². The lowest BCUT2D eigenvalue weighted by atomic mass is 10.2. The Bertz CT molecular complexity index is 573. The summed E-state index contributed by atoms with van der Waals surface area (Å²) in [6.07, 6.45) is 1.73. The molecule has 0 bridgehead atoms. The van der Waals surface area contributed by atoms with E-state index in [2.05, 4.69) is 27.0 Å². The highest BCUT2D eigenvalue weighted by atomic mass is 79.9. The van der Waals surface area contributed by atoms with Crippen LogP contribution in [0.25, 0.3) is 0 Å². The van der Waals surface area contributed by atoms with Gasteiger partial charge in [-0.2, -0.15) is 0 Å². The van der Waals surface area contributed by atoms with Crippen molar-refractivity contribution in [3.63, 3.8) is 0 Å². The third-order valence-corrected chi connectivity index (χ3v) is 5.10. The number of amides is 1. The second kappa shape index (κ2) is 5.03. The highest BCUT2D eigenvalue weighted by Crippen LogP contribution is 2.42. The number of rotatable bonds is 2. The van der Waals surface area contributed by atoms with Crippen molar-refractivity contribution in [2.75, 3.05) is 10.7 Å². The van der Waals surface area contributed by atoms with Gasteiger partial charge in [0, 0.05) is 16.0 Å². The van der Waals surface area contributed by atoms with Gasteiger partial charge in [-0.05, 0) is 17.7 Å². The average molecular weight is 341 g/mol. The van der Waals surface area contributed by atoms with E-state index in [1.165, 1.54) is 11.3 Å². The predicted octanol–water partition coefficient (Wildman–Crippen LogP) is 3.68. The minimum atomic E-state index is 0.0288. The van der Waals surface area contributed by atoms with Crippen molar-refractivity contribution in [2.45, 2.75) is 5.37 Å². The maximum Gasteiger partial charge on any atom is 0.240 e. The molecule has 3 rings (SSSR count). The zero-order valence-electron chi connectivity index (χ0n) is 9.25. The number of hydrogen-bond donors (Lipinski definition) is 0. The number of aromatic nitrogens is 1. The summed E-state index contributed by atoms with van der Waals surface area (Å²) in [7, 11) is 0. The molecule has 1 amide bonds. The van der Waals surface area contributed by atoms with E-state index < -0.39 is 0 Å². The van der Waals surface area contributed by atoms with Crippen LogP contribution in [-0.4, -0.2) is 16.6 Å².